The average molecular weight is 458 g/mol. The molecule has 2 aliphatic heterocycles. The van der Waals surface area contributed by atoms with Gasteiger partial charge in [0.05, 0.1) is 18.7 Å². The number of aromatic nitrogens is 2. The lowest BCUT2D eigenvalue weighted by molar-refractivity contribution is -0.136. The van der Waals surface area contributed by atoms with Crippen molar-refractivity contribution in [2.24, 2.45) is 5.92 Å². The number of ether oxygens (including phenoxy) is 1. The monoisotopic (exact) mass is 457 g/mol. The molecule has 2 fully saturated rings. The van der Waals surface area contributed by atoms with Crippen LogP contribution in [0.4, 0.5) is 11.5 Å². The molecule has 0 bridgehead atoms. The van der Waals surface area contributed by atoms with Gasteiger partial charge in [-0.25, -0.2) is 9.97 Å². The molecular weight excluding hydrogens is 426 g/mol. The second kappa shape index (κ2) is 10.1. The molecule has 34 heavy (non-hydrogen) atoms. The molecule has 3 heterocycles. The summed E-state index contributed by atoms with van der Waals surface area (Å²) in [5.41, 5.74) is 3.12. The number of carbonyl (C=O) groups excluding carboxylic acids is 1. The molecule has 5 rings (SSSR count). The Hall–Kier alpha value is -3.61. The third-order valence-electron chi connectivity index (χ3n) is 6.85. The summed E-state index contributed by atoms with van der Waals surface area (Å²) in [6.45, 7) is 4.92. The Morgan fingerprint density at radius 2 is 1.68 bits per heavy atom. The predicted octanol–water partition coefficient (Wildman–Crippen LogP) is 3.72. The number of carbonyl (C=O) groups is 1. The fourth-order valence-corrected chi connectivity index (χ4v) is 4.91. The molecule has 176 valence electrons. The standard InChI is InChI=1S/C27H31N5O2/c1-34-24-11-9-21(10-12-24)25-18-26(29-20-28-25)32-13-5-6-22(19-32)27(33)31-16-14-30(15-17-31)23-7-3-2-4-8-23/h2-4,7-12,18,20,22H,5-6,13-17,19H2,1H3. The summed E-state index contributed by atoms with van der Waals surface area (Å²) in [5.74, 6) is 1.99. The van der Waals surface area contributed by atoms with Gasteiger partial charge in [-0.2, -0.15) is 0 Å². The summed E-state index contributed by atoms with van der Waals surface area (Å²) >= 11 is 0. The van der Waals surface area contributed by atoms with Crippen LogP contribution in [0.2, 0.25) is 0 Å². The van der Waals surface area contributed by atoms with Gasteiger partial charge in [-0.05, 0) is 49.2 Å². The fourth-order valence-electron chi connectivity index (χ4n) is 4.91. The number of hydrogen-bond acceptors (Lipinski definition) is 6. The highest BCUT2D eigenvalue weighted by atomic mass is 16.5. The van der Waals surface area contributed by atoms with Crippen LogP contribution in [-0.2, 0) is 4.79 Å². The molecule has 0 saturated carbocycles. The highest BCUT2D eigenvalue weighted by Crippen LogP contribution is 2.27. The highest BCUT2D eigenvalue weighted by Gasteiger charge is 2.31. The number of para-hydroxylation sites is 1. The molecule has 1 aromatic heterocycles. The highest BCUT2D eigenvalue weighted by molar-refractivity contribution is 5.80. The number of rotatable bonds is 5. The van der Waals surface area contributed by atoms with E-state index in [0.29, 0.717) is 6.54 Å². The second-order valence-electron chi connectivity index (χ2n) is 8.92. The minimum Gasteiger partial charge on any atom is -0.497 e. The van der Waals surface area contributed by atoms with E-state index in [4.69, 9.17) is 4.74 Å². The summed E-state index contributed by atoms with van der Waals surface area (Å²) in [6, 6.07) is 20.3. The van der Waals surface area contributed by atoms with Gasteiger partial charge < -0.3 is 19.4 Å². The number of piperidine rings is 1. The van der Waals surface area contributed by atoms with Crippen molar-refractivity contribution in [1.29, 1.82) is 0 Å². The van der Waals surface area contributed by atoms with Crippen LogP contribution in [0, 0.1) is 5.92 Å². The van der Waals surface area contributed by atoms with E-state index < -0.39 is 0 Å². The summed E-state index contributed by atoms with van der Waals surface area (Å²) in [5, 5.41) is 0. The SMILES string of the molecule is COc1ccc(-c2cc(N3CCCC(C(=O)N4CCN(c5ccccc5)CC4)C3)ncn2)cc1. The van der Waals surface area contributed by atoms with Crippen molar-refractivity contribution in [3.63, 3.8) is 0 Å². The van der Waals surface area contributed by atoms with Crippen LogP contribution >= 0.6 is 0 Å². The van der Waals surface area contributed by atoms with Crippen LogP contribution in [-0.4, -0.2) is 67.2 Å². The van der Waals surface area contributed by atoms with Gasteiger partial charge in [-0.15, -0.1) is 0 Å². The fraction of sp³-hybridized carbons (Fsp3) is 0.370. The Morgan fingerprint density at radius 3 is 2.41 bits per heavy atom. The van der Waals surface area contributed by atoms with E-state index in [1.54, 1.807) is 13.4 Å². The van der Waals surface area contributed by atoms with Crippen LogP contribution < -0.4 is 14.5 Å². The van der Waals surface area contributed by atoms with Gasteiger partial charge in [0.1, 0.15) is 17.9 Å². The van der Waals surface area contributed by atoms with E-state index in [0.717, 1.165) is 68.4 Å². The van der Waals surface area contributed by atoms with Crippen LogP contribution in [0.5, 0.6) is 5.75 Å². The molecule has 2 aliphatic rings. The number of methoxy groups -OCH3 is 1. The number of hydrogen-bond donors (Lipinski definition) is 0. The Bertz CT molecular complexity index is 1100. The maximum absolute atomic E-state index is 13.4. The Morgan fingerprint density at radius 1 is 0.912 bits per heavy atom. The molecule has 1 amide bonds. The van der Waals surface area contributed by atoms with Crippen molar-refractivity contribution in [1.82, 2.24) is 14.9 Å². The second-order valence-corrected chi connectivity index (χ2v) is 8.92. The third kappa shape index (κ3) is 4.83. The molecule has 0 spiro atoms. The molecule has 2 aromatic carbocycles. The zero-order chi connectivity index (χ0) is 23.3. The molecule has 0 N–H and O–H groups in total. The van der Waals surface area contributed by atoms with Crippen molar-refractivity contribution in [3.05, 3.63) is 67.0 Å². The number of nitrogens with zero attached hydrogens (tertiary/aromatic N) is 5. The van der Waals surface area contributed by atoms with Gasteiger partial charge in [0.25, 0.3) is 0 Å². The zero-order valence-electron chi connectivity index (χ0n) is 19.6. The topological polar surface area (TPSA) is 61.8 Å². The van der Waals surface area contributed by atoms with E-state index >= 15 is 0 Å². The van der Waals surface area contributed by atoms with E-state index in [9.17, 15) is 4.79 Å². The molecule has 0 radical (unpaired) electrons. The molecule has 7 heteroatoms. The quantitative estimate of drug-likeness (QED) is 0.582. The van der Waals surface area contributed by atoms with E-state index in [1.807, 2.05) is 36.4 Å². The number of piperazine rings is 1. The molecule has 1 unspecified atom stereocenters. The van der Waals surface area contributed by atoms with Crippen molar-refractivity contribution >= 4 is 17.4 Å². The average Bonchev–Trinajstić information content (AvgIpc) is 2.93. The third-order valence-corrected chi connectivity index (χ3v) is 6.85. The molecule has 0 aliphatic carbocycles. The molecule has 1 atom stereocenters. The maximum atomic E-state index is 13.4. The molecule has 7 nitrogen and oxygen atoms in total. The lowest BCUT2D eigenvalue weighted by Crippen LogP contribution is -2.52. The first-order valence-electron chi connectivity index (χ1n) is 12.0. The van der Waals surface area contributed by atoms with Gasteiger partial charge in [-0.3, -0.25) is 4.79 Å². The lowest BCUT2D eigenvalue weighted by atomic mass is 9.96. The summed E-state index contributed by atoms with van der Waals surface area (Å²) in [4.78, 5) is 29.0. The maximum Gasteiger partial charge on any atom is 0.227 e. The zero-order valence-corrected chi connectivity index (χ0v) is 19.6. The Labute approximate surface area is 201 Å². The van der Waals surface area contributed by atoms with Crippen molar-refractivity contribution in [3.8, 4) is 17.0 Å². The van der Waals surface area contributed by atoms with E-state index in [-0.39, 0.29) is 11.8 Å². The molecule has 3 aromatic rings. The number of amides is 1. The smallest absolute Gasteiger partial charge is 0.227 e. The first-order chi connectivity index (χ1) is 16.7. The number of benzene rings is 2. The van der Waals surface area contributed by atoms with Crippen LogP contribution in [0.1, 0.15) is 12.8 Å². The predicted molar refractivity (Wildman–Crippen MR) is 134 cm³/mol. The Kier molecular flexibility index (Phi) is 6.60. The van der Waals surface area contributed by atoms with Crippen LogP contribution in [0.15, 0.2) is 67.0 Å². The summed E-state index contributed by atoms with van der Waals surface area (Å²) in [7, 11) is 1.66. The summed E-state index contributed by atoms with van der Waals surface area (Å²) < 4.78 is 5.26. The first kappa shape index (κ1) is 22.2. The van der Waals surface area contributed by atoms with Crippen molar-refractivity contribution < 1.29 is 9.53 Å². The first-order valence-corrected chi connectivity index (χ1v) is 12.0. The molecule has 2 saturated heterocycles. The van der Waals surface area contributed by atoms with Gasteiger partial charge in [0.2, 0.25) is 5.91 Å². The van der Waals surface area contributed by atoms with Gasteiger partial charge in [0.15, 0.2) is 0 Å². The van der Waals surface area contributed by atoms with E-state index in [2.05, 4.69) is 48.9 Å². The van der Waals surface area contributed by atoms with Gasteiger partial charge in [0, 0.05) is 56.6 Å². The Balaban J connectivity index is 1.22. The summed E-state index contributed by atoms with van der Waals surface area (Å²) in [6.07, 6.45) is 3.54. The van der Waals surface area contributed by atoms with Crippen molar-refractivity contribution in [2.45, 2.75) is 12.8 Å². The largest absolute Gasteiger partial charge is 0.497 e. The minimum atomic E-state index is 0.0106. The van der Waals surface area contributed by atoms with E-state index in [1.165, 1.54) is 5.69 Å². The lowest BCUT2D eigenvalue weighted by Gasteiger charge is -2.40. The minimum absolute atomic E-state index is 0.0106. The van der Waals surface area contributed by atoms with Gasteiger partial charge in [-0.1, -0.05) is 18.2 Å². The normalized spacial score (nSPS) is 18.6. The van der Waals surface area contributed by atoms with Crippen molar-refractivity contribution in [2.75, 3.05) is 56.2 Å². The number of anilines is 2. The van der Waals surface area contributed by atoms with Gasteiger partial charge >= 0.3 is 0 Å². The van der Waals surface area contributed by atoms with Crippen LogP contribution in [0.25, 0.3) is 11.3 Å². The van der Waals surface area contributed by atoms with Crippen LogP contribution in [0.3, 0.4) is 0 Å². The molecular formula is C27H31N5O2.